The number of rotatable bonds is 15. The molecule has 0 radical (unpaired) electrons. The molecule has 10 heteroatoms. The molecule has 318 valence electrons. The van der Waals surface area contributed by atoms with Gasteiger partial charge in [-0.15, -0.1) is 0 Å². The summed E-state index contributed by atoms with van der Waals surface area (Å²) in [6.45, 7) is 8.48. The van der Waals surface area contributed by atoms with E-state index in [9.17, 15) is 19.8 Å². The maximum atomic E-state index is 12.0. The maximum Gasteiger partial charge on any atom is 0.341 e. The van der Waals surface area contributed by atoms with E-state index in [1.165, 1.54) is 40.5 Å². The number of hydrogen-bond acceptors (Lipinski definition) is 8. The van der Waals surface area contributed by atoms with Gasteiger partial charge in [0, 0.05) is 60.4 Å². The van der Waals surface area contributed by atoms with E-state index >= 15 is 0 Å². The van der Waals surface area contributed by atoms with Crippen LogP contribution >= 0.6 is 0 Å². The highest BCUT2D eigenvalue weighted by atomic mass is 16.5. The van der Waals surface area contributed by atoms with E-state index in [0.29, 0.717) is 0 Å². The first-order valence-corrected chi connectivity index (χ1v) is 21.7. The first-order chi connectivity index (χ1) is 29.8. The van der Waals surface area contributed by atoms with Gasteiger partial charge in [-0.25, -0.2) is 9.59 Å². The van der Waals surface area contributed by atoms with Crippen molar-refractivity contribution in [1.82, 2.24) is 19.8 Å². The quantitative estimate of drug-likeness (QED) is 0.0595. The van der Waals surface area contributed by atoms with Crippen LogP contribution in [0.2, 0.25) is 0 Å². The molecular weight excluding hydrogens is 765 g/mol. The second kappa shape index (κ2) is 20.9. The summed E-state index contributed by atoms with van der Waals surface area (Å²) in [6.07, 6.45) is 17.2. The number of carbonyl (C=O) groups excluding carboxylic acids is 2. The average molecular weight is 823 g/mol. The van der Waals surface area contributed by atoms with Crippen LogP contribution in [-0.4, -0.2) is 94.9 Å². The second-order valence-electron chi connectivity index (χ2n) is 15.9. The molecular formula is C51H58N4O6. The van der Waals surface area contributed by atoms with E-state index in [1.807, 2.05) is 12.4 Å². The van der Waals surface area contributed by atoms with Crippen LogP contribution in [0.15, 0.2) is 109 Å². The van der Waals surface area contributed by atoms with Crippen LogP contribution in [0.4, 0.5) is 0 Å². The number of hydrogen-bond donors (Lipinski definition) is 4. The molecule has 0 spiro atoms. The van der Waals surface area contributed by atoms with Crippen LogP contribution < -0.4 is 0 Å². The summed E-state index contributed by atoms with van der Waals surface area (Å²) in [6, 6.07) is 28.0. The molecule has 2 aliphatic heterocycles. The Kier molecular flexibility index (Phi) is 14.8. The van der Waals surface area contributed by atoms with Gasteiger partial charge in [0.25, 0.3) is 0 Å². The third-order valence-corrected chi connectivity index (χ3v) is 11.9. The Morgan fingerprint density at radius 2 is 1.10 bits per heavy atom. The highest BCUT2D eigenvalue weighted by molar-refractivity contribution is 5.99. The molecule has 0 amide bonds. The molecule has 2 aliphatic rings. The number of carbonyl (C=O) groups is 2. The lowest BCUT2D eigenvalue weighted by molar-refractivity contribution is 0.0522. The van der Waals surface area contributed by atoms with Gasteiger partial charge in [-0.2, -0.15) is 0 Å². The van der Waals surface area contributed by atoms with Gasteiger partial charge in [0.15, 0.2) is 0 Å². The van der Waals surface area contributed by atoms with Crippen LogP contribution in [0, 0.1) is 0 Å². The molecule has 0 saturated heterocycles. The van der Waals surface area contributed by atoms with Gasteiger partial charge in [0.1, 0.15) is 22.6 Å². The topological polar surface area (TPSA) is 131 Å². The normalized spacial score (nSPS) is 14.6. The number of methoxy groups -OCH3 is 1. The Morgan fingerprint density at radius 1 is 0.639 bits per heavy atom. The third-order valence-electron chi connectivity index (χ3n) is 11.9. The second-order valence-corrected chi connectivity index (χ2v) is 15.9. The Morgan fingerprint density at radius 3 is 1.51 bits per heavy atom. The highest BCUT2D eigenvalue weighted by Crippen LogP contribution is 2.31. The molecule has 0 bridgehead atoms. The van der Waals surface area contributed by atoms with Crippen LogP contribution in [0.3, 0.4) is 0 Å². The summed E-state index contributed by atoms with van der Waals surface area (Å²) in [4.78, 5) is 35.2. The lowest BCUT2D eigenvalue weighted by Crippen LogP contribution is -2.29. The predicted molar refractivity (Wildman–Crippen MR) is 244 cm³/mol. The number of aromatic hydroxyl groups is 2. The molecule has 2 aromatic heterocycles. The number of phenolic OH excluding ortho intramolecular Hbond substituents is 2. The smallest absolute Gasteiger partial charge is 0.341 e. The molecule has 6 aromatic rings. The third kappa shape index (κ3) is 11.0. The van der Waals surface area contributed by atoms with Crippen molar-refractivity contribution in [2.24, 2.45) is 0 Å². The van der Waals surface area contributed by atoms with Gasteiger partial charge < -0.3 is 29.7 Å². The van der Waals surface area contributed by atoms with E-state index in [-0.39, 0.29) is 29.2 Å². The van der Waals surface area contributed by atoms with Gasteiger partial charge in [0.05, 0.1) is 13.7 Å². The number of fused-ring (bicyclic) bond motifs is 2. The molecule has 61 heavy (non-hydrogen) atoms. The summed E-state index contributed by atoms with van der Waals surface area (Å²) in [5, 5.41) is 22.4. The van der Waals surface area contributed by atoms with Crippen molar-refractivity contribution in [3.63, 3.8) is 0 Å². The molecule has 8 rings (SSSR count). The van der Waals surface area contributed by atoms with Crippen LogP contribution in [0.5, 0.6) is 11.5 Å². The fourth-order valence-electron chi connectivity index (χ4n) is 8.45. The van der Waals surface area contributed by atoms with Gasteiger partial charge in [-0.3, -0.25) is 9.80 Å². The zero-order valence-corrected chi connectivity index (χ0v) is 35.4. The van der Waals surface area contributed by atoms with E-state index in [4.69, 9.17) is 9.47 Å². The zero-order chi connectivity index (χ0) is 42.6. The zero-order valence-electron chi connectivity index (χ0n) is 35.4. The number of phenols is 2. The minimum Gasteiger partial charge on any atom is -0.507 e. The van der Waals surface area contributed by atoms with E-state index in [1.54, 1.807) is 31.2 Å². The lowest BCUT2D eigenvalue weighted by atomic mass is 9.99. The highest BCUT2D eigenvalue weighted by Gasteiger charge is 2.18. The molecule has 4 aromatic carbocycles. The minimum absolute atomic E-state index is 0.0267. The number of esters is 2. The first-order valence-electron chi connectivity index (χ1n) is 21.7. The minimum atomic E-state index is -0.531. The standard InChI is InChI=1S/C26H30N2O3.C25H28N2O3/c1-2-31-26(30)23-16-24-22(17-25(23)29)21(18-27-24)10-6-7-13-28-14-11-20(12-15-28)19-8-4-3-5-9-19;1-30-25(29)22-15-23-21(16-24(22)28)20(17-26-23)9-5-6-12-27-13-10-19(11-14-27)18-7-3-2-4-8-18/h3-5,8-9,11,16-18,27,29H,2,6-7,10,12-15H2,1H3;2-4,7-8,10,15-17,26,28H,5-6,9,11-14H2,1H3. The summed E-state index contributed by atoms with van der Waals surface area (Å²) in [7, 11) is 1.31. The molecule has 0 fully saturated rings. The van der Waals surface area contributed by atoms with Gasteiger partial charge in [0.2, 0.25) is 0 Å². The molecule has 0 saturated carbocycles. The van der Waals surface area contributed by atoms with Crippen molar-refractivity contribution in [3.8, 4) is 11.5 Å². The predicted octanol–water partition coefficient (Wildman–Crippen LogP) is 9.93. The SMILES string of the molecule is CCOC(=O)c1cc2[nH]cc(CCCCN3CC=C(c4ccccc4)CC3)c2cc1O.COC(=O)c1cc2[nH]cc(CCCCN3CC=C(c4ccccc4)CC3)c2cc1O. The lowest BCUT2D eigenvalue weighted by Gasteiger charge is -2.26. The van der Waals surface area contributed by atoms with Gasteiger partial charge in [-0.05, 0) is 129 Å². The fourth-order valence-corrected chi connectivity index (χ4v) is 8.45. The van der Waals surface area contributed by atoms with Crippen molar-refractivity contribution in [1.29, 1.82) is 0 Å². The van der Waals surface area contributed by atoms with Crippen LogP contribution in [0.1, 0.15) is 88.4 Å². The monoisotopic (exact) mass is 822 g/mol. The Bertz CT molecular complexity index is 2470. The number of H-pyrrole nitrogens is 2. The summed E-state index contributed by atoms with van der Waals surface area (Å²) in [5.41, 5.74) is 10.0. The van der Waals surface area contributed by atoms with Gasteiger partial charge in [-0.1, -0.05) is 72.8 Å². The van der Waals surface area contributed by atoms with E-state index in [0.717, 1.165) is 112 Å². The summed E-state index contributed by atoms with van der Waals surface area (Å²) >= 11 is 0. The number of ether oxygens (including phenoxy) is 2. The molecule has 0 aliphatic carbocycles. The fraction of sp³-hybridized carbons (Fsp3) is 0.333. The van der Waals surface area contributed by atoms with Crippen LogP contribution in [0.25, 0.3) is 33.0 Å². The number of unbranched alkanes of at least 4 members (excludes halogenated alkanes) is 2. The Balaban J connectivity index is 0.000000184. The Labute approximate surface area is 358 Å². The Hall–Kier alpha value is -6.10. The molecule has 0 atom stereocenters. The number of aromatic nitrogens is 2. The number of nitrogens with zero attached hydrogens (tertiary/aromatic N) is 2. The largest absolute Gasteiger partial charge is 0.507 e. The van der Waals surface area contributed by atoms with Gasteiger partial charge >= 0.3 is 11.9 Å². The van der Waals surface area contributed by atoms with Crippen molar-refractivity contribution >= 4 is 44.9 Å². The van der Waals surface area contributed by atoms with Crippen molar-refractivity contribution in [2.75, 3.05) is 53.0 Å². The summed E-state index contributed by atoms with van der Waals surface area (Å²) < 4.78 is 9.73. The van der Waals surface area contributed by atoms with Crippen molar-refractivity contribution in [3.05, 3.63) is 143 Å². The van der Waals surface area contributed by atoms with E-state index < -0.39 is 11.9 Å². The van der Waals surface area contributed by atoms with E-state index in [2.05, 4.69) is 92.6 Å². The first kappa shape index (κ1) is 43.0. The molecule has 4 heterocycles. The molecule has 0 unspecified atom stereocenters. The number of benzene rings is 4. The average Bonchev–Trinajstić information content (AvgIpc) is 3.89. The van der Waals surface area contributed by atoms with Crippen molar-refractivity contribution < 1.29 is 29.3 Å². The number of aromatic amines is 2. The number of aryl methyl sites for hydroxylation is 2. The molecule has 4 N–H and O–H groups in total. The molecule has 10 nitrogen and oxygen atoms in total. The summed E-state index contributed by atoms with van der Waals surface area (Å²) in [5.74, 6) is -1.09. The maximum absolute atomic E-state index is 12.0. The van der Waals surface area contributed by atoms with Crippen molar-refractivity contribution in [2.45, 2.75) is 58.3 Å². The van der Waals surface area contributed by atoms with Crippen LogP contribution in [-0.2, 0) is 22.3 Å². The number of nitrogens with one attached hydrogen (secondary N) is 2.